The number of halogens is 4. The Morgan fingerprint density at radius 1 is 1.08 bits per heavy atom. The highest BCUT2D eigenvalue weighted by Gasteiger charge is 2.39. The highest BCUT2D eigenvalue weighted by Crippen LogP contribution is 2.43. The highest BCUT2D eigenvalue weighted by molar-refractivity contribution is 6.03. The monoisotopic (exact) mass is 335 g/mol. The lowest BCUT2D eigenvalue weighted by Crippen LogP contribution is -2.15. The van der Waals surface area contributed by atoms with Gasteiger partial charge in [-0.15, -0.1) is 0 Å². The van der Waals surface area contributed by atoms with Crippen LogP contribution < -0.4 is 0 Å². The van der Waals surface area contributed by atoms with Gasteiger partial charge in [0, 0.05) is 17.1 Å². The van der Waals surface area contributed by atoms with E-state index in [4.69, 9.17) is 0 Å². The molecular weight excluding hydrogens is 326 g/mol. The van der Waals surface area contributed by atoms with Crippen molar-refractivity contribution in [3.8, 4) is 11.1 Å². The number of alkyl halides is 3. The zero-order chi connectivity index (χ0) is 17.5. The first kappa shape index (κ1) is 15.9. The molecule has 1 aromatic heterocycles. The van der Waals surface area contributed by atoms with E-state index in [1.807, 2.05) is 0 Å². The van der Waals surface area contributed by atoms with Crippen molar-refractivity contribution in [1.29, 1.82) is 0 Å². The topological polar surface area (TPSA) is 50.2 Å². The Kier molecular flexibility index (Phi) is 3.71. The van der Waals surface area contributed by atoms with E-state index in [0.717, 1.165) is 18.2 Å². The fraction of sp³-hybridized carbons (Fsp3) is 0.0588. The average Bonchev–Trinajstić information content (AvgIpc) is 2.53. The van der Waals surface area contributed by atoms with Gasteiger partial charge in [0.25, 0.3) is 0 Å². The predicted octanol–water partition coefficient (Wildman–Crippen LogP) is 4.76. The lowest BCUT2D eigenvalue weighted by Gasteiger charge is -2.18. The fourth-order valence-electron chi connectivity index (χ4n) is 2.58. The van der Waals surface area contributed by atoms with E-state index in [-0.39, 0.29) is 22.0 Å². The number of aromatic nitrogens is 1. The summed E-state index contributed by atoms with van der Waals surface area (Å²) in [5.41, 5.74) is -2.51. The van der Waals surface area contributed by atoms with Crippen LogP contribution in [0.3, 0.4) is 0 Å². The largest absolute Gasteiger partial charge is 0.478 e. The molecule has 3 rings (SSSR count). The van der Waals surface area contributed by atoms with Gasteiger partial charge >= 0.3 is 12.1 Å². The van der Waals surface area contributed by atoms with E-state index in [0.29, 0.717) is 0 Å². The van der Waals surface area contributed by atoms with Crippen molar-refractivity contribution in [3.05, 3.63) is 65.6 Å². The summed E-state index contributed by atoms with van der Waals surface area (Å²) in [6.45, 7) is 0. The minimum absolute atomic E-state index is 0.00133. The van der Waals surface area contributed by atoms with E-state index in [2.05, 4.69) is 4.98 Å². The molecule has 2 aromatic carbocycles. The van der Waals surface area contributed by atoms with E-state index in [1.54, 1.807) is 0 Å². The molecule has 0 atom stereocenters. The molecule has 1 heterocycles. The first-order chi connectivity index (χ1) is 11.3. The van der Waals surface area contributed by atoms with E-state index in [1.165, 1.54) is 30.5 Å². The number of rotatable bonds is 2. The van der Waals surface area contributed by atoms with Crippen LogP contribution >= 0.6 is 0 Å². The van der Waals surface area contributed by atoms with Gasteiger partial charge in [-0.3, -0.25) is 4.98 Å². The first-order valence-electron chi connectivity index (χ1n) is 6.77. The Morgan fingerprint density at radius 3 is 2.33 bits per heavy atom. The van der Waals surface area contributed by atoms with Crippen molar-refractivity contribution < 1.29 is 27.5 Å². The Hall–Kier alpha value is -2.96. The van der Waals surface area contributed by atoms with Gasteiger partial charge < -0.3 is 5.11 Å². The zero-order valence-electron chi connectivity index (χ0n) is 11.9. The SMILES string of the molecule is O=C(O)c1cc2cccnc2c(-c2ccc(F)cc2)c1C(F)(F)F. The number of carboxylic acids is 1. The lowest BCUT2D eigenvalue weighted by atomic mass is 9.91. The van der Waals surface area contributed by atoms with Crippen LogP contribution in [0.25, 0.3) is 22.0 Å². The van der Waals surface area contributed by atoms with Gasteiger partial charge in [-0.2, -0.15) is 13.2 Å². The van der Waals surface area contributed by atoms with Crippen LogP contribution in [0.5, 0.6) is 0 Å². The van der Waals surface area contributed by atoms with E-state index < -0.39 is 29.1 Å². The minimum Gasteiger partial charge on any atom is -0.478 e. The Labute approximate surface area is 133 Å². The van der Waals surface area contributed by atoms with E-state index >= 15 is 0 Å². The molecule has 1 N–H and O–H groups in total. The molecule has 0 aliphatic carbocycles. The molecule has 122 valence electrons. The smallest absolute Gasteiger partial charge is 0.417 e. The molecule has 3 aromatic rings. The Balaban J connectivity index is 2.51. The van der Waals surface area contributed by atoms with Crippen molar-refractivity contribution in [2.75, 3.05) is 0 Å². The second-order valence-electron chi connectivity index (χ2n) is 5.06. The molecule has 3 nitrogen and oxygen atoms in total. The molecule has 0 spiro atoms. The zero-order valence-corrected chi connectivity index (χ0v) is 11.9. The third kappa shape index (κ3) is 2.68. The van der Waals surface area contributed by atoms with Gasteiger partial charge in [0.1, 0.15) is 5.82 Å². The number of aromatic carboxylic acids is 1. The Bertz CT molecular complexity index is 934. The predicted molar refractivity (Wildman–Crippen MR) is 79.1 cm³/mol. The normalized spacial score (nSPS) is 11.7. The van der Waals surface area contributed by atoms with Crippen LogP contribution in [0.1, 0.15) is 15.9 Å². The summed E-state index contributed by atoms with van der Waals surface area (Å²) >= 11 is 0. The number of carboxylic acid groups (broad SMARTS) is 1. The number of hydrogen-bond donors (Lipinski definition) is 1. The summed E-state index contributed by atoms with van der Waals surface area (Å²) in [4.78, 5) is 15.3. The summed E-state index contributed by atoms with van der Waals surface area (Å²) in [6.07, 6.45) is -3.60. The maximum absolute atomic E-state index is 13.6. The highest BCUT2D eigenvalue weighted by atomic mass is 19.4. The number of hydrogen-bond acceptors (Lipinski definition) is 2. The second kappa shape index (κ2) is 5.59. The number of pyridine rings is 1. The molecule has 0 aliphatic rings. The van der Waals surface area contributed by atoms with Crippen LogP contribution in [0.4, 0.5) is 17.6 Å². The van der Waals surface area contributed by atoms with Crippen LogP contribution in [-0.4, -0.2) is 16.1 Å². The maximum Gasteiger partial charge on any atom is 0.417 e. The molecule has 0 amide bonds. The van der Waals surface area contributed by atoms with Gasteiger partial charge in [0.05, 0.1) is 16.6 Å². The number of fused-ring (bicyclic) bond motifs is 1. The van der Waals surface area contributed by atoms with Crippen LogP contribution in [-0.2, 0) is 6.18 Å². The standard InChI is InChI=1S/C17H9F4NO2/c18-11-5-3-9(4-6-11)13-14(17(19,20)21)12(16(23)24)8-10-2-1-7-22-15(10)13/h1-8H,(H,23,24). The molecule has 24 heavy (non-hydrogen) atoms. The van der Waals surface area contributed by atoms with Crippen molar-refractivity contribution in [2.24, 2.45) is 0 Å². The summed E-state index contributed by atoms with van der Waals surface area (Å²) in [5, 5.41) is 9.48. The van der Waals surface area contributed by atoms with Crippen LogP contribution in [0.2, 0.25) is 0 Å². The van der Waals surface area contributed by atoms with Crippen molar-refractivity contribution in [2.45, 2.75) is 6.18 Å². The molecule has 0 bridgehead atoms. The molecule has 0 unspecified atom stereocenters. The summed E-state index contributed by atoms with van der Waals surface area (Å²) < 4.78 is 53.9. The minimum atomic E-state index is -4.91. The first-order valence-corrected chi connectivity index (χ1v) is 6.77. The fourth-order valence-corrected chi connectivity index (χ4v) is 2.58. The molecule has 0 aliphatic heterocycles. The van der Waals surface area contributed by atoms with Crippen molar-refractivity contribution >= 4 is 16.9 Å². The van der Waals surface area contributed by atoms with Crippen molar-refractivity contribution in [3.63, 3.8) is 0 Å². The number of carbonyl (C=O) groups is 1. The second-order valence-corrected chi connectivity index (χ2v) is 5.06. The quantitative estimate of drug-likeness (QED) is 0.687. The van der Waals surface area contributed by atoms with Gasteiger partial charge in [-0.05, 0) is 29.8 Å². The lowest BCUT2D eigenvalue weighted by molar-refractivity contribution is -0.137. The van der Waals surface area contributed by atoms with E-state index in [9.17, 15) is 27.5 Å². The van der Waals surface area contributed by atoms with Gasteiger partial charge in [0.15, 0.2) is 0 Å². The molecule has 0 saturated heterocycles. The molecule has 7 heteroatoms. The molecular formula is C17H9F4NO2. The van der Waals surface area contributed by atoms with Crippen LogP contribution in [0, 0.1) is 5.82 Å². The molecule has 0 saturated carbocycles. The number of benzene rings is 2. The van der Waals surface area contributed by atoms with Crippen LogP contribution in [0.15, 0.2) is 48.7 Å². The van der Waals surface area contributed by atoms with Gasteiger partial charge in [-0.1, -0.05) is 18.2 Å². The molecule has 0 radical (unpaired) electrons. The third-order valence-electron chi connectivity index (χ3n) is 3.54. The molecule has 0 fully saturated rings. The van der Waals surface area contributed by atoms with Crippen molar-refractivity contribution in [1.82, 2.24) is 4.98 Å². The van der Waals surface area contributed by atoms with Gasteiger partial charge in [0.2, 0.25) is 0 Å². The summed E-state index contributed by atoms with van der Waals surface area (Å²) in [6, 6.07) is 8.27. The maximum atomic E-state index is 13.6. The summed E-state index contributed by atoms with van der Waals surface area (Å²) in [5.74, 6) is -2.31. The summed E-state index contributed by atoms with van der Waals surface area (Å²) in [7, 11) is 0. The third-order valence-corrected chi connectivity index (χ3v) is 3.54. The average molecular weight is 335 g/mol. The number of nitrogens with zero attached hydrogens (tertiary/aromatic N) is 1. The Morgan fingerprint density at radius 2 is 1.75 bits per heavy atom. The van der Waals surface area contributed by atoms with Gasteiger partial charge in [-0.25, -0.2) is 9.18 Å².